The fraction of sp³-hybridized carbons (Fsp3) is 0.529. The van der Waals surface area contributed by atoms with Crippen molar-refractivity contribution < 1.29 is 0 Å². The highest BCUT2D eigenvalue weighted by Gasteiger charge is 2.49. The monoisotopic (exact) mass is 224 g/mol. The maximum absolute atomic E-state index is 2.53. The summed E-state index contributed by atoms with van der Waals surface area (Å²) in [5.74, 6) is 1.80. The molecular formula is C17H20. The molecule has 0 aromatic heterocycles. The van der Waals surface area contributed by atoms with Crippen molar-refractivity contribution in [2.24, 2.45) is 17.3 Å². The van der Waals surface area contributed by atoms with Crippen molar-refractivity contribution in [3.05, 3.63) is 47.0 Å². The van der Waals surface area contributed by atoms with Gasteiger partial charge in [0.1, 0.15) is 0 Å². The third-order valence-corrected chi connectivity index (χ3v) is 5.56. The first-order valence-corrected chi connectivity index (χ1v) is 7.03. The van der Waals surface area contributed by atoms with Gasteiger partial charge in [0.05, 0.1) is 0 Å². The van der Waals surface area contributed by atoms with Gasteiger partial charge in [-0.05, 0) is 73.0 Å². The molecule has 4 rings (SSSR count). The second-order valence-electron chi connectivity index (χ2n) is 6.44. The predicted molar refractivity (Wildman–Crippen MR) is 71.0 cm³/mol. The second kappa shape index (κ2) is 3.25. The van der Waals surface area contributed by atoms with Gasteiger partial charge in [0.2, 0.25) is 0 Å². The molecule has 2 bridgehead atoms. The van der Waals surface area contributed by atoms with Crippen molar-refractivity contribution in [3.8, 4) is 0 Å². The van der Waals surface area contributed by atoms with Crippen LogP contribution in [0.4, 0.5) is 0 Å². The molecule has 0 N–H and O–H groups in total. The highest BCUT2D eigenvalue weighted by molar-refractivity contribution is 5.39. The minimum absolute atomic E-state index is 0.637. The maximum Gasteiger partial charge on any atom is -0.0168 e. The Balaban J connectivity index is 1.76. The van der Waals surface area contributed by atoms with Gasteiger partial charge in [-0.3, -0.25) is 0 Å². The van der Waals surface area contributed by atoms with Crippen LogP contribution < -0.4 is 0 Å². The summed E-state index contributed by atoms with van der Waals surface area (Å²) in [7, 11) is 0. The van der Waals surface area contributed by atoms with Crippen molar-refractivity contribution in [2.45, 2.75) is 39.0 Å². The van der Waals surface area contributed by atoms with E-state index in [2.05, 4.69) is 37.3 Å². The topological polar surface area (TPSA) is 0 Å². The van der Waals surface area contributed by atoms with Gasteiger partial charge >= 0.3 is 0 Å². The van der Waals surface area contributed by atoms with Crippen molar-refractivity contribution in [2.75, 3.05) is 0 Å². The largest absolute Gasteiger partial charge is 0.0851 e. The zero-order valence-electron chi connectivity index (χ0n) is 10.6. The van der Waals surface area contributed by atoms with Gasteiger partial charge in [-0.1, -0.05) is 30.4 Å². The molecule has 3 unspecified atom stereocenters. The van der Waals surface area contributed by atoms with Crippen molar-refractivity contribution in [3.63, 3.8) is 0 Å². The van der Waals surface area contributed by atoms with E-state index in [1.165, 1.54) is 37.7 Å². The SMILES string of the molecule is Cc1cccc2c1CC1(CC2)CC2C=CC1C2. The van der Waals surface area contributed by atoms with Gasteiger partial charge in [0.25, 0.3) is 0 Å². The molecule has 1 fully saturated rings. The van der Waals surface area contributed by atoms with Crippen LogP contribution in [0.5, 0.6) is 0 Å². The summed E-state index contributed by atoms with van der Waals surface area (Å²) in [6.07, 6.45) is 12.0. The lowest BCUT2D eigenvalue weighted by molar-refractivity contribution is 0.194. The first-order chi connectivity index (χ1) is 8.27. The lowest BCUT2D eigenvalue weighted by atomic mass is 9.64. The van der Waals surface area contributed by atoms with Crippen LogP contribution in [0.25, 0.3) is 0 Å². The lowest BCUT2D eigenvalue weighted by Gasteiger charge is -2.40. The Kier molecular flexibility index (Phi) is 1.90. The third-order valence-electron chi connectivity index (χ3n) is 5.56. The molecule has 1 spiro atoms. The van der Waals surface area contributed by atoms with Crippen molar-refractivity contribution in [1.82, 2.24) is 0 Å². The van der Waals surface area contributed by atoms with E-state index >= 15 is 0 Å². The van der Waals surface area contributed by atoms with Crippen LogP contribution in [0, 0.1) is 24.2 Å². The fourth-order valence-electron chi connectivity index (χ4n) is 4.62. The molecule has 0 heteroatoms. The van der Waals surface area contributed by atoms with E-state index in [0.717, 1.165) is 11.8 Å². The molecule has 0 amide bonds. The smallest absolute Gasteiger partial charge is 0.0168 e. The molecule has 17 heavy (non-hydrogen) atoms. The zero-order chi connectivity index (χ0) is 11.5. The zero-order valence-corrected chi connectivity index (χ0v) is 10.6. The van der Waals surface area contributed by atoms with Crippen LogP contribution in [0.2, 0.25) is 0 Å². The molecule has 0 saturated heterocycles. The number of benzene rings is 1. The van der Waals surface area contributed by atoms with E-state index in [1.807, 2.05) is 0 Å². The van der Waals surface area contributed by atoms with Crippen LogP contribution in [0.1, 0.15) is 36.0 Å². The first kappa shape index (κ1) is 9.94. The van der Waals surface area contributed by atoms with Gasteiger partial charge in [-0.15, -0.1) is 0 Å². The summed E-state index contributed by atoms with van der Waals surface area (Å²) in [5.41, 5.74) is 5.47. The Hall–Kier alpha value is -1.04. The fourth-order valence-corrected chi connectivity index (χ4v) is 4.62. The highest BCUT2D eigenvalue weighted by atomic mass is 14.5. The molecule has 0 aliphatic heterocycles. The van der Waals surface area contributed by atoms with Gasteiger partial charge in [-0.25, -0.2) is 0 Å². The standard InChI is InChI=1S/C17H20/c1-12-3-2-4-14-7-8-17(11-16(12)14)10-13-5-6-15(17)9-13/h2-6,13,15H,7-11H2,1H3. The number of fused-ring (bicyclic) bond motifs is 4. The number of allylic oxidation sites excluding steroid dienone is 2. The van der Waals surface area contributed by atoms with Crippen molar-refractivity contribution >= 4 is 0 Å². The average molecular weight is 224 g/mol. The minimum Gasteiger partial charge on any atom is -0.0851 e. The molecule has 3 aliphatic rings. The molecule has 0 nitrogen and oxygen atoms in total. The quantitative estimate of drug-likeness (QED) is 0.583. The third kappa shape index (κ3) is 1.30. The Morgan fingerprint density at radius 1 is 1.24 bits per heavy atom. The maximum atomic E-state index is 2.53. The molecule has 0 radical (unpaired) electrons. The van der Waals surface area contributed by atoms with Crippen LogP contribution in [0.15, 0.2) is 30.4 Å². The Labute approximate surface area is 104 Å². The predicted octanol–water partition coefficient (Wildman–Crippen LogP) is 4.07. The first-order valence-electron chi connectivity index (χ1n) is 7.03. The Bertz CT molecular complexity index is 497. The van der Waals surface area contributed by atoms with Crippen LogP contribution in [-0.4, -0.2) is 0 Å². The van der Waals surface area contributed by atoms with E-state index in [0.29, 0.717) is 5.41 Å². The average Bonchev–Trinajstić information content (AvgIpc) is 2.91. The summed E-state index contributed by atoms with van der Waals surface area (Å²) in [5, 5.41) is 0. The van der Waals surface area contributed by atoms with E-state index in [9.17, 15) is 0 Å². The van der Waals surface area contributed by atoms with E-state index in [1.54, 1.807) is 11.1 Å². The minimum atomic E-state index is 0.637. The highest BCUT2D eigenvalue weighted by Crippen LogP contribution is 2.57. The summed E-state index contributed by atoms with van der Waals surface area (Å²) in [6.45, 7) is 2.29. The van der Waals surface area contributed by atoms with Crippen LogP contribution >= 0.6 is 0 Å². The lowest BCUT2D eigenvalue weighted by Crippen LogP contribution is -2.33. The van der Waals surface area contributed by atoms with Gasteiger partial charge < -0.3 is 0 Å². The number of rotatable bonds is 0. The van der Waals surface area contributed by atoms with Gasteiger partial charge in [0.15, 0.2) is 0 Å². The molecule has 3 atom stereocenters. The summed E-state index contributed by atoms with van der Waals surface area (Å²) in [4.78, 5) is 0. The Morgan fingerprint density at radius 2 is 2.18 bits per heavy atom. The van der Waals surface area contributed by atoms with E-state index in [-0.39, 0.29) is 0 Å². The molecular weight excluding hydrogens is 204 g/mol. The van der Waals surface area contributed by atoms with E-state index < -0.39 is 0 Å². The van der Waals surface area contributed by atoms with Gasteiger partial charge in [0, 0.05) is 0 Å². The molecule has 88 valence electrons. The molecule has 1 aromatic rings. The summed E-state index contributed by atoms with van der Waals surface area (Å²) in [6, 6.07) is 6.87. The number of aryl methyl sites for hydroxylation is 2. The van der Waals surface area contributed by atoms with Crippen molar-refractivity contribution in [1.29, 1.82) is 0 Å². The van der Waals surface area contributed by atoms with E-state index in [4.69, 9.17) is 0 Å². The number of hydrogen-bond donors (Lipinski definition) is 0. The molecule has 1 saturated carbocycles. The van der Waals surface area contributed by atoms with Crippen LogP contribution in [-0.2, 0) is 12.8 Å². The Morgan fingerprint density at radius 3 is 2.94 bits per heavy atom. The molecule has 3 aliphatic carbocycles. The van der Waals surface area contributed by atoms with Crippen LogP contribution in [0.3, 0.4) is 0 Å². The summed E-state index contributed by atoms with van der Waals surface area (Å²) < 4.78 is 0. The normalized spacial score (nSPS) is 37.7. The molecule has 0 heterocycles. The number of hydrogen-bond acceptors (Lipinski definition) is 0. The summed E-state index contributed by atoms with van der Waals surface area (Å²) >= 11 is 0. The molecule has 1 aromatic carbocycles. The second-order valence-corrected chi connectivity index (χ2v) is 6.44. The van der Waals surface area contributed by atoms with Gasteiger partial charge in [-0.2, -0.15) is 0 Å².